The number of halogens is 6. The number of alkyl halides is 5. The SMILES string of the molecule is N#Cc1c(Cl)cccc1SC(F)(F)C(F)(F)F. The van der Waals surface area contributed by atoms with Gasteiger partial charge in [-0.1, -0.05) is 17.7 Å². The number of hydrogen-bond donors (Lipinski definition) is 0. The molecule has 1 aromatic carbocycles. The lowest BCUT2D eigenvalue weighted by Crippen LogP contribution is -2.32. The third-order valence-corrected chi connectivity index (χ3v) is 3.02. The molecule has 92 valence electrons. The van der Waals surface area contributed by atoms with Gasteiger partial charge in [0.05, 0.1) is 10.6 Å². The van der Waals surface area contributed by atoms with E-state index >= 15 is 0 Å². The van der Waals surface area contributed by atoms with Gasteiger partial charge in [-0.2, -0.15) is 27.2 Å². The minimum atomic E-state index is -5.69. The molecule has 17 heavy (non-hydrogen) atoms. The van der Waals surface area contributed by atoms with Gasteiger partial charge < -0.3 is 0 Å². The molecule has 0 heterocycles. The maximum atomic E-state index is 12.7. The Labute approximate surface area is 102 Å². The summed E-state index contributed by atoms with van der Waals surface area (Å²) in [7, 11) is 0. The molecular weight excluding hydrogens is 285 g/mol. The zero-order valence-electron chi connectivity index (χ0n) is 7.86. The van der Waals surface area contributed by atoms with Crippen LogP contribution in [0.2, 0.25) is 5.02 Å². The van der Waals surface area contributed by atoms with E-state index < -0.39 is 33.7 Å². The number of nitriles is 1. The van der Waals surface area contributed by atoms with E-state index in [4.69, 9.17) is 16.9 Å². The van der Waals surface area contributed by atoms with Crippen LogP contribution in [0.3, 0.4) is 0 Å². The molecule has 0 bridgehead atoms. The molecule has 0 saturated carbocycles. The van der Waals surface area contributed by atoms with Crippen molar-refractivity contribution in [3.05, 3.63) is 28.8 Å². The minimum absolute atomic E-state index is 0.171. The number of hydrogen-bond acceptors (Lipinski definition) is 2. The molecule has 0 saturated heterocycles. The first-order chi connectivity index (χ1) is 7.69. The number of benzene rings is 1. The summed E-state index contributed by atoms with van der Waals surface area (Å²) in [5.41, 5.74) is -0.400. The van der Waals surface area contributed by atoms with E-state index in [-0.39, 0.29) is 5.02 Å². The number of rotatable bonds is 2. The summed E-state index contributed by atoms with van der Waals surface area (Å²) in [6.07, 6.45) is -5.69. The van der Waals surface area contributed by atoms with Gasteiger partial charge in [0.25, 0.3) is 0 Å². The Morgan fingerprint density at radius 3 is 2.24 bits per heavy atom. The van der Waals surface area contributed by atoms with Gasteiger partial charge in [-0.05, 0) is 23.9 Å². The van der Waals surface area contributed by atoms with Crippen molar-refractivity contribution in [3.63, 3.8) is 0 Å². The Kier molecular flexibility index (Phi) is 3.89. The van der Waals surface area contributed by atoms with Crippen LogP contribution < -0.4 is 0 Å². The summed E-state index contributed by atoms with van der Waals surface area (Å²) in [4.78, 5) is -0.512. The lowest BCUT2D eigenvalue weighted by atomic mass is 10.2. The second-order valence-corrected chi connectivity index (χ2v) is 4.41. The van der Waals surface area contributed by atoms with Crippen LogP contribution in [-0.2, 0) is 0 Å². The van der Waals surface area contributed by atoms with Gasteiger partial charge in [-0.25, -0.2) is 0 Å². The van der Waals surface area contributed by atoms with Crippen LogP contribution in [0.15, 0.2) is 23.1 Å². The van der Waals surface area contributed by atoms with Crippen molar-refractivity contribution in [1.82, 2.24) is 0 Å². The number of nitrogens with zero attached hydrogens (tertiary/aromatic N) is 1. The van der Waals surface area contributed by atoms with Gasteiger partial charge in [0.1, 0.15) is 6.07 Å². The highest BCUT2D eigenvalue weighted by Crippen LogP contribution is 2.48. The predicted molar refractivity (Wildman–Crippen MR) is 53.0 cm³/mol. The molecule has 0 aliphatic heterocycles. The van der Waals surface area contributed by atoms with Gasteiger partial charge >= 0.3 is 11.4 Å². The van der Waals surface area contributed by atoms with Crippen LogP contribution in [0.25, 0.3) is 0 Å². The molecule has 1 nitrogen and oxygen atoms in total. The van der Waals surface area contributed by atoms with Crippen molar-refractivity contribution >= 4 is 23.4 Å². The topological polar surface area (TPSA) is 23.8 Å². The fourth-order valence-corrected chi connectivity index (χ4v) is 1.96. The van der Waals surface area contributed by atoms with E-state index in [0.717, 1.165) is 6.07 Å². The molecule has 0 aliphatic rings. The van der Waals surface area contributed by atoms with Crippen LogP contribution >= 0.6 is 23.4 Å². The quantitative estimate of drug-likeness (QED) is 0.592. The second-order valence-electron chi connectivity index (χ2n) is 2.84. The molecule has 1 aromatic rings. The second kappa shape index (κ2) is 4.70. The smallest absolute Gasteiger partial charge is 0.192 e. The standard InChI is InChI=1S/C9H3ClF5NS/c10-6-2-1-3-7(5(6)4-16)17-9(14,15)8(11,12)13/h1-3H. The first-order valence-electron chi connectivity index (χ1n) is 4.01. The molecule has 0 atom stereocenters. The maximum Gasteiger partial charge on any atom is 0.464 e. The van der Waals surface area contributed by atoms with E-state index in [1.165, 1.54) is 18.2 Å². The summed E-state index contributed by atoms with van der Waals surface area (Å²) in [5, 5.41) is 3.49. The summed E-state index contributed by atoms with van der Waals surface area (Å²) in [6.45, 7) is 0. The third kappa shape index (κ3) is 3.01. The molecule has 0 spiro atoms. The van der Waals surface area contributed by atoms with Gasteiger partial charge in [-0.15, -0.1) is 0 Å². The Bertz CT molecular complexity index is 465. The normalized spacial score (nSPS) is 12.3. The molecule has 0 aliphatic carbocycles. The molecule has 0 fully saturated rings. The molecule has 1 rings (SSSR count). The molecule has 0 aromatic heterocycles. The molecule has 0 N–H and O–H groups in total. The van der Waals surface area contributed by atoms with E-state index in [2.05, 4.69) is 0 Å². The highest BCUT2D eigenvalue weighted by atomic mass is 35.5. The lowest BCUT2D eigenvalue weighted by molar-refractivity contribution is -0.237. The van der Waals surface area contributed by atoms with E-state index in [0.29, 0.717) is 0 Å². The Hall–Kier alpha value is -1.00. The van der Waals surface area contributed by atoms with Crippen molar-refractivity contribution in [2.24, 2.45) is 0 Å². The summed E-state index contributed by atoms with van der Waals surface area (Å²) in [6, 6.07) is 4.89. The summed E-state index contributed by atoms with van der Waals surface area (Å²) < 4.78 is 61.4. The Morgan fingerprint density at radius 1 is 1.18 bits per heavy atom. The van der Waals surface area contributed by atoms with E-state index in [1.54, 1.807) is 0 Å². The van der Waals surface area contributed by atoms with Gasteiger partial charge in [0.15, 0.2) is 0 Å². The van der Waals surface area contributed by atoms with E-state index in [1.807, 2.05) is 0 Å². The molecule has 8 heteroatoms. The monoisotopic (exact) mass is 287 g/mol. The summed E-state index contributed by atoms with van der Waals surface area (Å²) in [5.74, 6) is 0. The molecule has 0 radical (unpaired) electrons. The molecular formula is C9H3ClF5NS. The fourth-order valence-electron chi connectivity index (χ4n) is 0.894. The predicted octanol–water partition coefficient (Wildman–Crippen LogP) is 4.46. The van der Waals surface area contributed by atoms with Crippen molar-refractivity contribution in [1.29, 1.82) is 5.26 Å². The van der Waals surface area contributed by atoms with Crippen LogP contribution in [0, 0.1) is 11.3 Å². The minimum Gasteiger partial charge on any atom is -0.192 e. The maximum absolute atomic E-state index is 12.7. The first-order valence-corrected chi connectivity index (χ1v) is 5.20. The van der Waals surface area contributed by atoms with Gasteiger partial charge in [0, 0.05) is 4.90 Å². The van der Waals surface area contributed by atoms with Crippen molar-refractivity contribution < 1.29 is 22.0 Å². The zero-order chi connectivity index (χ0) is 13.3. The van der Waals surface area contributed by atoms with Crippen LogP contribution in [0.4, 0.5) is 22.0 Å². The summed E-state index contributed by atoms with van der Waals surface area (Å²) >= 11 is 4.76. The highest BCUT2D eigenvalue weighted by Gasteiger charge is 2.58. The van der Waals surface area contributed by atoms with Gasteiger partial charge in [0.2, 0.25) is 0 Å². The third-order valence-electron chi connectivity index (χ3n) is 1.66. The van der Waals surface area contributed by atoms with Crippen molar-refractivity contribution in [2.75, 3.05) is 0 Å². The highest BCUT2D eigenvalue weighted by molar-refractivity contribution is 8.00. The zero-order valence-corrected chi connectivity index (χ0v) is 9.43. The average molecular weight is 288 g/mol. The van der Waals surface area contributed by atoms with Gasteiger partial charge in [-0.3, -0.25) is 0 Å². The largest absolute Gasteiger partial charge is 0.464 e. The van der Waals surface area contributed by atoms with Crippen LogP contribution in [-0.4, -0.2) is 11.4 Å². The molecule has 0 unspecified atom stereocenters. The van der Waals surface area contributed by atoms with Crippen LogP contribution in [0.5, 0.6) is 0 Å². The molecule has 0 amide bonds. The Balaban J connectivity index is 3.14. The number of thioether (sulfide) groups is 1. The van der Waals surface area contributed by atoms with Crippen LogP contribution in [0.1, 0.15) is 5.56 Å². The fraction of sp³-hybridized carbons (Fsp3) is 0.222. The van der Waals surface area contributed by atoms with Crippen molar-refractivity contribution in [2.45, 2.75) is 16.3 Å². The Morgan fingerprint density at radius 2 is 1.76 bits per heavy atom. The first kappa shape index (κ1) is 14.1. The van der Waals surface area contributed by atoms with E-state index in [9.17, 15) is 22.0 Å². The van der Waals surface area contributed by atoms with Crippen molar-refractivity contribution in [3.8, 4) is 6.07 Å². The lowest BCUT2D eigenvalue weighted by Gasteiger charge is -2.19. The average Bonchev–Trinajstić information content (AvgIpc) is 2.15.